The smallest absolute Gasteiger partial charge is 0.268 e. The first-order valence-electron chi connectivity index (χ1n) is 8.67. The lowest BCUT2D eigenvalue weighted by Crippen LogP contribution is -2.51. The monoisotopic (exact) mass is 351 g/mol. The number of H-pyrrole nitrogens is 1. The van der Waals surface area contributed by atoms with Crippen molar-refractivity contribution in [2.75, 3.05) is 7.05 Å². The third-order valence-electron chi connectivity index (χ3n) is 5.11. The number of likely N-dealkylation sites (tertiary alicyclic amines) is 1. The van der Waals surface area contributed by atoms with Gasteiger partial charge in [-0.2, -0.15) is 5.10 Å². The molecule has 0 saturated carbocycles. The molecule has 7 nitrogen and oxygen atoms in total. The predicted molar refractivity (Wildman–Crippen MR) is 97.5 cm³/mol. The van der Waals surface area contributed by atoms with Gasteiger partial charge in [0, 0.05) is 37.6 Å². The highest BCUT2D eigenvalue weighted by molar-refractivity contribution is 5.98. The first kappa shape index (κ1) is 16.4. The van der Waals surface area contributed by atoms with E-state index in [4.69, 9.17) is 0 Å². The van der Waals surface area contributed by atoms with Crippen LogP contribution in [-0.2, 0) is 11.8 Å². The van der Waals surface area contributed by atoms with Gasteiger partial charge in [0.2, 0.25) is 5.91 Å². The van der Waals surface area contributed by atoms with Gasteiger partial charge in [-0.25, -0.2) is 0 Å². The van der Waals surface area contributed by atoms with E-state index >= 15 is 0 Å². The van der Waals surface area contributed by atoms with Crippen molar-refractivity contribution < 1.29 is 9.59 Å². The fourth-order valence-corrected chi connectivity index (χ4v) is 3.71. The molecule has 0 aliphatic carbocycles. The van der Waals surface area contributed by atoms with Gasteiger partial charge in [0.1, 0.15) is 5.69 Å². The lowest BCUT2D eigenvalue weighted by atomic mass is 9.93. The summed E-state index contributed by atoms with van der Waals surface area (Å²) < 4.78 is 1.75. The molecule has 0 spiro atoms. The first-order chi connectivity index (χ1) is 12.5. The molecular weight excluding hydrogens is 330 g/mol. The Hall–Kier alpha value is -3.09. The molecule has 0 bridgehead atoms. The Labute approximate surface area is 151 Å². The van der Waals surface area contributed by atoms with Crippen molar-refractivity contribution in [3.8, 4) is 0 Å². The second kappa shape index (κ2) is 6.33. The Morgan fingerprint density at radius 1 is 1.27 bits per heavy atom. The van der Waals surface area contributed by atoms with E-state index in [-0.39, 0.29) is 23.9 Å². The number of likely N-dealkylation sites (N-methyl/N-ethyl adjacent to an activating group) is 1. The Balaban J connectivity index is 1.61. The number of amides is 2. The van der Waals surface area contributed by atoms with Gasteiger partial charge in [-0.05, 0) is 24.6 Å². The molecule has 2 aromatic heterocycles. The summed E-state index contributed by atoms with van der Waals surface area (Å²) in [6, 6.07) is 11.1. The summed E-state index contributed by atoms with van der Waals surface area (Å²) in [5.74, 6) is -0.0894. The number of carbonyl (C=O) groups is 2. The molecule has 0 radical (unpaired) electrons. The van der Waals surface area contributed by atoms with Crippen LogP contribution in [0, 0.1) is 0 Å². The van der Waals surface area contributed by atoms with Gasteiger partial charge in [-0.3, -0.25) is 14.3 Å². The van der Waals surface area contributed by atoms with E-state index in [0.29, 0.717) is 18.5 Å². The fraction of sp³-hybridized carbons (Fsp3) is 0.316. The molecule has 0 unspecified atom stereocenters. The molecule has 1 aliphatic rings. The molecule has 7 heteroatoms. The molecule has 1 aliphatic heterocycles. The Kier molecular flexibility index (Phi) is 3.99. The van der Waals surface area contributed by atoms with Gasteiger partial charge in [-0.1, -0.05) is 18.2 Å². The number of hydrogen-bond donors (Lipinski definition) is 2. The molecule has 2 N–H and O–H groups in total. The minimum Gasteiger partial charge on any atom is -0.351 e. The van der Waals surface area contributed by atoms with Crippen LogP contribution in [0.1, 0.15) is 35.1 Å². The summed E-state index contributed by atoms with van der Waals surface area (Å²) in [7, 11) is 3.63. The normalized spacial score (nSPS) is 20.5. The van der Waals surface area contributed by atoms with Gasteiger partial charge >= 0.3 is 0 Å². The number of benzene rings is 1. The minimum absolute atomic E-state index is 0.0762. The molecule has 2 atom stereocenters. The van der Waals surface area contributed by atoms with Crippen LogP contribution in [0.5, 0.6) is 0 Å². The second-order valence-corrected chi connectivity index (χ2v) is 6.72. The van der Waals surface area contributed by atoms with Gasteiger partial charge in [0.05, 0.1) is 17.8 Å². The zero-order valence-electron chi connectivity index (χ0n) is 14.8. The number of hydrogen-bond acceptors (Lipinski definition) is 3. The SMILES string of the molecule is CN1C(=O)CC[C@@H](NC(=O)c2cc3ccccc3[nH]2)[C@@H]1c1ccnn1C. The summed E-state index contributed by atoms with van der Waals surface area (Å²) in [5, 5.41) is 8.32. The van der Waals surface area contributed by atoms with E-state index in [1.807, 2.05) is 43.4 Å². The minimum atomic E-state index is -0.239. The predicted octanol–water partition coefficient (Wildman–Crippen LogP) is 1.99. The van der Waals surface area contributed by atoms with Crippen molar-refractivity contribution in [3.63, 3.8) is 0 Å². The molecule has 1 saturated heterocycles. The summed E-state index contributed by atoms with van der Waals surface area (Å²) >= 11 is 0. The molecule has 2 amide bonds. The van der Waals surface area contributed by atoms with Crippen LogP contribution in [-0.4, -0.2) is 44.6 Å². The van der Waals surface area contributed by atoms with Crippen LogP contribution >= 0.6 is 0 Å². The number of nitrogens with one attached hydrogen (secondary N) is 2. The lowest BCUT2D eigenvalue weighted by molar-refractivity contribution is -0.136. The van der Waals surface area contributed by atoms with Crippen LogP contribution in [0.15, 0.2) is 42.6 Å². The summed E-state index contributed by atoms with van der Waals surface area (Å²) in [5.41, 5.74) is 2.36. The van der Waals surface area contributed by atoms with Crippen LogP contribution in [0.3, 0.4) is 0 Å². The third kappa shape index (κ3) is 2.75. The van der Waals surface area contributed by atoms with Crippen molar-refractivity contribution in [1.29, 1.82) is 0 Å². The van der Waals surface area contributed by atoms with Gasteiger partial charge in [0.25, 0.3) is 5.91 Å². The van der Waals surface area contributed by atoms with E-state index in [9.17, 15) is 9.59 Å². The summed E-state index contributed by atoms with van der Waals surface area (Å²) in [6.07, 6.45) is 2.73. The van der Waals surface area contributed by atoms with Gasteiger partial charge in [0.15, 0.2) is 0 Å². The molecule has 3 aromatic rings. The van der Waals surface area contributed by atoms with Crippen LogP contribution < -0.4 is 5.32 Å². The molecule has 26 heavy (non-hydrogen) atoms. The van der Waals surface area contributed by atoms with E-state index in [2.05, 4.69) is 15.4 Å². The Bertz CT molecular complexity index is 940. The van der Waals surface area contributed by atoms with Gasteiger partial charge < -0.3 is 15.2 Å². The number of aromatic nitrogens is 3. The number of aryl methyl sites for hydroxylation is 1. The number of nitrogens with zero attached hydrogens (tertiary/aromatic N) is 3. The van der Waals surface area contributed by atoms with Crippen molar-refractivity contribution in [3.05, 3.63) is 54.0 Å². The average molecular weight is 351 g/mol. The highest BCUT2D eigenvalue weighted by Gasteiger charge is 2.37. The molecular formula is C19H21N5O2. The largest absolute Gasteiger partial charge is 0.351 e. The molecule has 1 fully saturated rings. The number of para-hydroxylation sites is 1. The maximum absolute atomic E-state index is 12.8. The Morgan fingerprint density at radius 2 is 2.08 bits per heavy atom. The number of fused-ring (bicyclic) bond motifs is 1. The van der Waals surface area contributed by atoms with Gasteiger partial charge in [-0.15, -0.1) is 0 Å². The zero-order chi connectivity index (χ0) is 18.3. The van der Waals surface area contributed by atoms with Crippen LogP contribution in [0.4, 0.5) is 0 Å². The molecule has 134 valence electrons. The quantitative estimate of drug-likeness (QED) is 0.757. The van der Waals surface area contributed by atoms with Crippen LogP contribution in [0.2, 0.25) is 0 Å². The zero-order valence-corrected chi connectivity index (χ0v) is 14.8. The maximum Gasteiger partial charge on any atom is 0.268 e. The highest BCUT2D eigenvalue weighted by Crippen LogP contribution is 2.30. The topological polar surface area (TPSA) is 83.0 Å². The molecule has 3 heterocycles. The summed E-state index contributed by atoms with van der Waals surface area (Å²) in [6.45, 7) is 0. The second-order valence-electron chi connectivity index (χ2n) is 6.72. The van der Waals surface area contributed by atoms with E-state index in [0.717, 1.165) is 16.6 Å². The molecule has 4 rings (SSSR count). The third-order valence-corrected chi connectivity index (χ3v) is 5.11. The average Bonchev–Trinajstić information content (AvgIpc) is 3.24. The van der Waals surface area contributed by atoms with Crippen molar-refractivity contribution in [2.45, 2.75) is 24.9 Å². The number of aromatic amines is 1. The standard InChI is InChI=1S/C19H21N5O2/c1-23-17(25)8-7-14(18(23)16-9-10-20-24(16)2)22-19(26)15-11-12-5-3-4-6-13(12)21-15/h3-6,9-11,14,18,21H,7-8H2,1-2H3,(H,22,26)/t14-,18-/m1/s1. The van der Waals surface area contributed by atoms with Crippen molar-refractivity contribution in [1.82, 2.24) is 25.0 Å². The van der Waals surface area contributed by atoms with E-state index in [1.54, 1.807) is 22.8 Å². The Morgan fingerprint density at radius 3 is 2.81 bits per heavy atom. The van der Waals surface area contributed by atoms with Crippen molar-refractivity contribution in [2.24, 2.45) is 7.05 Å². The maximum atomic E-state index is 12.8. The van der Waals surface area contributed by atoms with Crippen LogP contribution in [0.25, 0.3) is 10.9 Å². The number of carbonyl (C=O) groups excluding carboxylic acids is 2. The fourth-order valence-electron chi connectivity index (χ4n) is 3.71. The van der Waals surface area contributed by atoms with E-state index in [1.165, 1.54) is 0 Å². The van der Waals surface area contributed by atoms with E-state index < -0.39 is 0 Å². The lowest BCUT2D eigenvalue weighted by Gasteiger charge is -2.39. The molecule has 1 aromatic carbocycles. The summed E-state index contributed by atoms with van der Waals surface area (Å²) in [4.78, 5) is 29.9. The van der Waals surface area contributed by atoms with Crippen molar-refractivity contribution >= 4 is 22.7 Å². The highest BCUT2D eigenvalue weighted by atomic mass is 16.2. The number of piperidine rings is 1. The first-order valence-corrected chi connectivity index (χ1v) is 8.67. The number of rotatable bonds is 3.